The van der Waals surface area contributed by atoms with E-state index in [4.69, 9.17) is 4.74 Å². The van der Waals surface area contributed by atoms with Crippen LogP contribution in [-0.4, -0.2) is 47.4 Å². The normalized spacial score (nSPS) is 12.6. The number of esters is 1. The minimum atomic E-state index is -0.664. The van der Waals surface area contributed by atoms with Crippen LogP contribution in [0.15, 0.2) is 36.5 Å². The number of hydrogen-bond donors (Lipinski definition) is 3. The molecule has 0 aliphatic carbocycles. The zero-order valence-electron chi connectivity index (χ0n) is 60.4. The average Bonchev–Trinajstić information content (AvgIpc) is 3.63. The van der Waals surface area contributed by atoms with E-state index >= 15 is 0 Å². The molecule has 1 amide bonds. The summed E-state index contributed by atoms with van der Waals surface area (Å²) in [5.41, 5.74) is 0. The van der Waals surface area contributed by atoms with Gasteiger partial charge in [-0.2, -0.15) is 0 Å². The number of hydrogen-bond acceptors (Lipinski definition) is 5. The first-order chi connectivity index (χ1) is 44.0. The molecule has 2 unspecified atom stereocenters. The Morgan fingerprint density at radius 1 is 0.315 bits per heavy atom. The van der Waals surface area contributed by atoms with Crippen LogP contribution in [-0.2, 0) is 14.3 Å². The molecule has 0 rings (SSSR count). The van der Waals surface area contributed by atoms with Crippen LogP contribution in [0.4, 0.5) is 0 Å². The lowest BCUT2D eigenvalue weighted by Gasteiger charge is -2.22. The number of aliphatic hydroxyl groups excluding tert-OH is 2. The molecule has 89 heavy (non-hydrogen) atoms. The van der Waals surface area contributed by atoms with Crippen molar-refractivity contribution in [3.63, 3.8) is 0 Å². The van der Waals surface area contributed by atoms with Gasteiger partial charge in [-0.15, -0.1) is 0 Å². The maximum atomic E-state index is 12.6. The fourth-order valence-electron chi connectivity index (χ4n) is 13.0. The molecule has 0 aromatic heterocycles. The van der Waals surface area contributed by atoms with E-state index in [-0.39, 0.29) is 18.5 Å². The standard InChI is InChI=1S/C83H159NO5/c1-3-5-7-9-11-13-15-17-19-20-21-22-23-35-38-41-44-48-51-55-59-63-67-71-75-81(86)80(79-85)84-82(87)76-72-68-64-60-56-52-49-45-42-39-36-33-31-29-27-25-24-26-28-30-32-34-37-40-43-46-50-54-58-62-66-70-74-78-89-83(88)77-73-69-65-61-57-53-47-18-16-14-12-10-8-6-4-2/h12,14,18,28,30,47,80-81,85-86H,3-11,13,15-17,19-27,29,31-46,48-79H2,1-2H3,(H,84,87)/b14-12-,30-28-,47-18-. The zero-order valence-corrected chi connectivity index (χ0v) is 60.4. The Balaban J connectivity index is 3.36. The number of carbonyl (C=O) groups excluding carboxylic acids is 2. The molecular formula is C83H159NO5. The molecule has 0 saturated carbocycles. The summed E-state index contributed by atoms with van der Waals surface area (Å²) < 4.78 is 5.49. The maximum absolute atomic E-state index is 12.6. The number of carbonyl (C=O) groups is 2. The van der Waals surface area contributed by atoms with Crippen molar-refractivity contribution < 1.29 is 24.5 Å². The second-order valence-corrected chi connectivity index (χ2v) is 28.1. The van der Waals surface area contributed by atoms with Gasteiger partial charge in [-0.1, -0.05) is 397 Å². The summed E-state index contributed by atoms with van der Waals surface area (Å²) in [5, 5.41) is 23.5. The van der Waals surface area contributed by atoms with Crippen molar-refractivity contribution in [3.8, 4) is 0 Å². The minimum absolute atomic E-state index is 0.00541. The maximum Gasteiger partial charge on any atom is 0.305 e. The van der Waals surface area contributed by atoms with Gasteiger partial charge in [-0.3, -0.25) is 9.59 Å². The van der Waals surface area contributed by atoms with Crippen LogP contribution in [0.5, 0.6) is 0 Å². The lowest BCUT2D eigenvalue weighted by molar-refractivity contribution is -0.143. The van der Waals surface area contributed by atoms with Crippen LogP contribution < -0.4 is 5.32 Å². The van der Waals surface area contributed by atoms with E-state index in [1.807, 2.05) is 0 Å². The number of aliphatic hydroxyl groups is 2. The molecule has 3 N–H and O–H groups in total. The van der Waals surface area contributed by atoms with Crippen LogP contribution in [0.1, 0.15) is 457 Å². The van der Waals surface area contributed by atoms with E-state index in [0.717, 1.165) is 51.4 Å². The predicted octanol–water partition coefficient (Wildman–Crippen LogP) is 27.0. The monoisotopic (exact) mass is 1250 g/mol. The summed E-state index contributed by atoms with van der Waals surface area (Å²) in [6, 6.07) is -0.541. The Morgan fingerprint density at radius 2 is 0.562 bits per heavy atom. The molecule has 0 aliphatic heterocycles. The van der Waals surface area contributed by atoms with Crippen molar-refractivity contribution in [2.24, 2.45) is 0 Å². The largest absolute Gasteiger partial charge is 0.466 e. The molecule has 0 aromatic carbocycles. The molecule has 526 valence electrons. The summed E-state index contributed by atoms with van der Waals surface area (Å²) in [6.45, 7) is 4.97. The Bertz CT molecular complexity index is 1440. The second kappa shape index (κ2) is 78.5. The molecule has 0 radical (unpaired) electrons. The van der Waals surface area contributed by atoms with Gasteiger partial charge < -0.3 is 20.3 Å². The summed E-state index contributed by atoms with van der Waals surface area (Å²) in [4.78, 5) is 24.7. The smallest absolute Gasteiger partial charge is 0.305 e. The van der Waals surface area contributed by atoms with E-state index in [0.29, 0.717) is 25.9 Å². The number of ether oxygens (including phenoxy) is 1. The van der Waals surface area contributed by atoms with Crippen molar-refractivity contribution >= 4 is 11.9 Å². The zero-order chi connectivity index (χ0) is 64.2. The third-order valence-corrected chi connectivity index (χ3v) is 19.2. The number of rotatable bonds is 77. The molecule has 0 bridgehead atoms. The van der Waals surface area contributed by atoms with E-state index < -0.39 is 12.1 Å². The predicted molar refractivity (Wildman–Crippen MR) is 393 cm³/mol. The Hall–Kier alpha value is -1.92. The van der Waals surface area contributed by atoms with Gasteiger partial charge in [-0.05, 0) is 83.5 Å². The summed E-state index contributed by atoms with van der Waals surface area (Å²) >= 11 is 0. The third-order valence-electron chi connectivity index (χ3n) is 19.2. The van der Waals surface area contributed by atoms with Crippen molar-refractivity contribution in [1.29, 1.82) is 0 Å². The molecule has 0 aromatic rings. The molecule has 6 heteroatoms. The molecule has 0 fully saturated rings. The van der Waals surface area contributed by atoms with Crippen molar-refractivity contribution in [1.82, 2.24) is 5.32 Å². The van der Waals surface area contributed by atoms with Gasteiger partial charge in [-0.25, -0.2) is 0 Å². The number of allylic oxidation sites excluding steroid dienone is 6. The first-order valence-corrected chi connectivity index (χ1v) is 40.7. The van der Waals surface area contributed by atoms with Crippen LogP contribution in [0.2, 0.25) is 0 Å². The van der Waals surface area contributed by atoms with Crippen LogP contribution in [0, 0.1) is 0 Å². The number of nitrogens with one attached hydrogen (secondary N) is 1. The van der Waals surface area contributed by atoms with Crippen molar-refractivity contribution in [3.05, 3.63) is 36.5 Å². The summed E-state index contributed by atoms with van der Waals surface area (Å²) in [7, 11) is 0. The quantitative estimate of drug-likeness (QED) is 0.0320. The highest BCUT2D eigenvalue weighted by Crippen LogP contribution is 2.20. The fourth-order valence-corrected chi connectivity index (χ4v) is 13.0. The van der Waals surface area contributed by atoms with E-state index in [2.05, 4.69) is 55.6 Å². The number of unbranched alkanes of at least 4 members (excludes halogenated alkanes) is 60. The molecule has 2 atom stereocenters. The van der Waals surface area contributed by atoms with Gasteiger partial charge in [0.2, 0.25) is 5.91 Å². The van der Waals surface area contributed by atoms with Crippen LogP contribution >= 0.6 is 0 Å². The van der Waals surface area contributed by atoms with E-state index in [1.54, 1.807) is 0 Å². The first kappa shape index (κ1) is 87.1. The molecular weight excluding hydrogens is 1090 g/mol. The topological polar surface area (TPSA) is 95.9 Å². The average molecular weight is 1250 g/mol. The van der Waals surface area contributed by atoms with Gasteiger partial charge in [0.15, 0.2) is 0 Å². The molecule has 0 saturated heterocycles. The SMILES string of the molecule is CCCCC/C=C\C/C=C\CCCCCCCC(=O)OCCCCCCCCCCCCCC/C=C\CCCCCCCCCCCCCCCCCCCC(=O)NC(CO)C(O)CCCCCCCCCCCCCCCCCCCCCCCCCC. The van der Waals surface area contributed by atoms with Crippen LogP contribution in [0.3, 0.4) is 0 Å². The molecule has 0 heterocycles. The molecule has 0 spiro atoms. The highest BCUT2D eigenvalue weighted by atomic mass is 16.5. The van der Waals surface area contributed by atoms with Crippen molar-refractivity contribution in [2.45, 2.75) is 469 Å². The van der Waals surface area contributed by atoms with E-state index in [1.165, 1.54) is 372 Å². The van der Waals surface area contributed by atoms with Crippen molar-refractivity contribution in [2.75, 3.05) is 13.2 Å². The minimum Gasteiger partial charge on any atom is -0.466 e. The highest BCUT2D eigenvalue weighted by Gasteiger charge is 2.20. The Labute approximate surface area is 557 Å². The fraction of sp³-hybridized carbons (Fsp3) is 0.904. The molecule has 0 aliphatic rings. The lowest BCUT2D eigenvalue weighted by Crippen LogP contribution is -2.45. The third kappa shape index (κ3) is 75.0. The molecule has 6 nitrogen and oxygen atoms in total. The van der Waals surface area contributed by atoms with Gasteiger partial charge >= 0.3 is 5.97 Å². The Morgan fingerprint density at radius 3 is 0.888 bits per heavy atom. The van der Waals surface area contributed by atoms with Gasteiger partial charge in [0.1, 0.15) is 0 Å². The van der Waals surface area contributed by atoms with E-state index in [9.17, 15) is 19.8 Å². The Kier molecular flexibility index (Phi) is 76.8. The number of amides is 1. The lowest BCUT2D eigenvalue weighted by atomic mass is 10.0. The highest BCUT2D eigenvalue weighted by molar-refractivity contribution is 5.76. The first-order valence-electron chi connectivity index (χ1n) is 40.7. The summed E-state index contributed by atoms with van der Waals surface area (Å²) in [5.74, 6) is -0.0209. The van der Waals surface area contributed by atoms with Gasteiger partial charge in [0, 0.05) is 12.8 Å². The van der Waals surface area contributed by atoms with Gasteiger partial charge in [0.25, 0.3) is 0 Å². The van der Waals surface area contributed by atoms with Crippen LogP contribution in [0.25, 0.3) is 0 Å². The summed E-state index contributed by atoms with van der Waals surface area (Å²) in [6.07, 6.45) is 102. The van der Waals surface area contributed by atoms with Gasteiger partial charge in [0.05, 0.1) is 25.4 Å². The second-order valence-electron chi connectivity index (χ2n) is 28.1.